The highest BCUT2D eigenvalue weighted by molar-refractivity contribution is 7.98. The van der Waals surface area contributed by atoms with Crippen molar-refractivity contribution in [3.63, 3.8) is 0 Å². The predicted molar refractivity (Wildman–Crippen MR) is 134 cm³/mol. The number of methoxy groups -OCH3 is 1. The maximum Gasteiger partial charge on any atom is 0.328 e. The minimum atomic E-state index is -0.720. The fraction of sp³-hybridized carbons (Fsp3) is 0.478. The molecule has 1 heterocycles. The van der Waals surface area contributed by atoms with Gasteiger partial charge in [0.15, 0.2) is 0 Å². The van der Waals surface area contributed by atoms with E-state index in [2.05, 4.69) is 10.1 Å². The summed E-state index contributed by atoms with van der Waals surface area (Å²) in [5, 5.41) is 2.99. The Kier molecular flexibility index (Phi) is 10.3. The number of carbonyl (C=O) groups is 4. The summed E-state index contributed by atoms with van der Waals surface area (Å²) in [5.41, 5.74) is 0.861. The lowest BCUT2D eigenvalue weighted by atomic mass is 9.95. The van der Waals surface area contributed by atoms with Gasteiger partial charge >= 0.3 is 5.97 Å². The molecule has 1 aromatic rings. The quantitative estimate of drug-likeness (QED) is 0.330. The van der Waals surface area contributed by atoms with Crippen molar-refractivity contribution >= 4 is 64.7 Å². The lowest BCUT2D eigenvalue weighted by molar-refractivity contribution is -0.145. The van der Waals surface area contributed by atoms with Crippen molar-refractivity contribution in [3.05, 3.63) is 33.3 Å². The molecule has 1 fully saturated rings. The fourth-order valence-electron chi connectivity index (χ4n) is 3.52. The molecular formula is C23H29Cl2N3O5S. The summed E-state index contributed by atoms with van der Waals surface area (Å²) in [6, 6.07) is 1.01. The van der Waals surface area contributed by atoms with Crippen LogP contribution in [0.1, 0.15) is 35.7 Å². The van der Waals surface area contributed by atoms with Crippen LogP contribution in [0, 0.1) is 5.92 Å². The zero-order valence-corrected chi connectivity index (χ0v) is 22.1. The van der Waals surface area contributed by atoms with Crippen LogP contribution >= 0.6 is 35.0 Å². The molecule has 1 unspecified atom stereocenters. The van der Waals surface area contributed by atoms with E-state index < -0.39 is 12.0 Å². The molecule has 0 spiro atoms. The largest absolute Gasteiger partial charge is 0.467 e. The number of ether oxygens (including phenoxy) is 1. The van der Waals surface area contributed by atoms with E-state index in [-0.39, 0.29) is 33.7 Å². The number of benzene rings is 1. The van der Waals surface area contributed by atoms with E-state index >= 15 is 0 Å². The molecule has 2 rings (SSSR count). The standard InChI is InChI=1S/C23H29Cl2N3O5S/c1-13(23(32)33-4)26-21(30)14-8-10-28(11-9-14)17(29)7-6-15-12-16(34-5)18(20(25)19(15)24)22(31)27(2)3/h6-7,12-14H,8-11H2,1-5H3,(H,26,30). The molecule has 1 aromatic carbocycles. The molecule has 0 aliphatic carbocycles. The fourth-order valence-corrected chi connectivity index (χ4v) is 4.72. The minimum absolute atomic E-state index is 0.146. The first kappa shape index (κ1) is 28.0. The van der Waals surface area contributed by atoms with Crippen LogP contribution in [0.4, 0.5) is 0 Å². The Bertz CT molecular complexity index is 991. The van der Waals surface area contributed by atoms with Gasteiger partial charge in [0.1, 0.15) is 6.04 Å². The topological polar surface area (TPSA) is 96.0 Å². The number of likely N-dealkylation sites (tertiary alicyclic amines) is 1. The molecule has 0 saturated carbocycles. The van der Waals surface area contributed by atoms with E-state index in [4.69, 9.17) is 23.2 Å². The number of halogens is 2. The van der Waals surface area contributed by atoms with E-state index in [1.54, 1.807) is 38.1 Å². The van der Waals surface area contributed by atoms with Crippen LogP contribution in [0.2, 0.25) is 10.0 Å². The van der Waals surface area contributed by atoms with Gasteiger partial charge in [-0.25, -0.2) is 4.79 Å². The number of esters is 1. The Morgan fingerprint density at radius 2 is 1.82 bits per heavy atom. The first-order valence-corrected chi connectivity index (χ1v) is 12.6. The highest BCUT2D eigenvalue weighted by Gasteiger charge is 2.28. The molecule has 1 aliphatic rings. The second-order valence-electron chi connectivity index (χ2n) is 8.06. The number of rotatable bonds is 7. The summed E-state index contributed by atoms with van der Waals surface area (Å²) in [6.45, 7) is 2.39. The molecule has 11 heteroatoms. The third-order valence-electron chi connectivity index (χ3n) is 5.53. The van der Waals surface area contributed by atoms with Gasteiger partial charge in [0, 0.05) is 44.1 Å². The SMILES string of the molecule is COC(=O)C(C)NC(=O)C1CCN(C(=O)C=Cc2cc(SC)c(C(=O)N(C)C)c(Cl)c2Cl)CC1. The van der Waals surface area contributed by atoms with Crippen molar-refractivity contribution in [2.75, 3.05) is 40.6 Å². The van der Waals surface area contributed by atoms with E-state index in [1.807, 2.05) is 6.26 Å². The number of nitrogens with one attached hydrogen (secondary N) is 1. The van der Waals surface area contributed by atoms with E-state index in [0.717, 1.165) is 0 Å². The van der Waals surface area contributed by atoms with E-state index in [0.29, 0.717) is 42.0 Å². The van der Waals surface area contributed by atoms with Crippen LogP contribution in [0.25, 0.3) is 6.08 Å². The Balaban J connectivity index is 2.06. The third kappa shape index (κ3) is 6.67. The number of nitrogens with zero attached hydrogens (tertiary/aromatic N) is 2. The average molecular weight is 530 g/mol. The van der Waals surface area contributed by atoms with Crippen molar-refractivity contribution in [2.45, 2.75) is 30.7 Å². The van der Waals surface area contributed by atoms with Crippen LogP contribution in [-0.2, 0) is 19.1 Å². The van der Waals surface area contributed by atoms with Crippen LogP contribution < -0.4 is 5.32 Å². The summed E-state index contributed by atoms with van der Waals surface area (Å²) in [7, 11) is 4.54. The molecule has 1 atom stereocenters. The van der Waals surface area contributed by atoms with Gasteiger partial charge in [-0.3, -0.25) is 14.4 Å². The van der Waals surface area contributed by atoms with Crippen molar-refractivity contribution in [1.82, 2.24) is 15.1 Å². The molecular weight excluding hydrogens is 501 g/mol. The molecule has 0 bridgehead atoms. The zero-order valence-electron chi connectivity index (χ0n) is 19.8. The Morgan fingerprint density at radius 1 is 1.21 bits per heavy atom. The summed E-state index contributed by atoms with van der Waals surface area (Å²) >= 11 is 14.2. The van der Waals surface area contributed by atoms with Gasteiger partial charge < -0.3 is 19.9 Å². The van der Waals surface area contributed by atoms with Crippen molar-refractivity contribution in [3.8, 4) is 0 Å². The number of amides is 3. The highest BCUT2D eigenvalue weighted by atomic mass is 35.5. The van der Waals surface area contributed by atoms with Gasteiger partial charge in [0.25, 0.3) is 5.91 Å². The van der Waals surface area contributed by atoms with Gasteiger partial charge in [0.2, 0.25) is 11.8 Å². The molecule has 1 saturated heterocycles. The lowest BCUT2D eigenvalue weighted by Gasteiger charge is -2.31. The molecule has 8 nitrogen and oxygen atoms in total. The molecule has 0 aromatic heterocycles. The maximum atomic E-state index is 12.7. The maximum absolute atomic E-state index is 12.7. The first-order valence-electron chi connectivity index (χ1n) is 10.6. The first-order chi connectivity index (χ1) is 16.0. The average Bonchev–Trinajstić information content (AvgIpc) is 2.83. The summed E-state index contributed by atoms with van der Waals surface area (Å²) in [6.07, 6.45) is 5.80. The van der Waals surface area contributed by atoms with Crippen LogP contribution in [0.5, 0.6) is 0 Å². The molecule has 34 heavy (non-hydrogen) atoms. The summed E-state index contributed by atoms with van der Waals surface area (Å²) in [4.78, 5) is 52.8. The van der Waals surface area contributed by atoms with Gasteiger partial charge in [-0.15, -0.1) is 11.8 Å². The van der Waals surface area contributed by atoms with Crippen molar-refractivity contribution in [1.29, 1.82) is 0 Å². The molecule has 1 N–H and O–H groups in total. The normalized spacial score (nSPS) is 15.2. The molecule has 1 aliphatic heterocycles. The Morgan fingerprint density at radius 3 is 2.35 bits per heavy atom. The van der Waals surface area contributed by atoms with Crippen LogP contribution in [0.15, 0.2) is 17.0 Å². The minimum Gasteiger partial charge on any atom is -0.467 e. The second kappa shape index (κ2) is 12.5. The van der Waals surface area contributed by atoms with E-state index in [1.165, 1.54) is 29.8 Å². The van der Waals surface area contributed by atoms with Crippen molar-refractivity contribution in [2.24, 2.45) is 5.92 Å². The zero-order chi connectivity index (χ0) is 25.6. The number of hydrogen-bond acceptors (Lipinski definition) is 6. The van der Waals surface area contributed by atoms with Crippen LogP contribution in [-0.4, -0.2) is 80.1 Å². The smallest absolute Gasteiger partial charge is 0.328 e. The number of thioether (sulfide) groups is 1. The number of hydrogen-bond donors (Lipinski definition) is 1. The van der Waals surface area contributed by atoms with E-state index in [9.17, 15) is 19.2 Å². The van der Waals surface area contributed by atoms with Gasteiger partial charge in [-0.2, -0.15) is 0 Å². The highest BCUT2D eigenvalue weighted by Crippen LogP contribution is 2.37. The number of piperidine rings is 1. The molecule has 186 valence electrons. The Labute approximate surface area is 213 Å². The monoisotopic (exact) mass is 529 g/mol. The third-order valence-corrected chi connectivity index (χ3v) is 7.18. The van der Waals surface area contributed by atoms with Gasteiger partial charge in [-0.1, -0.05) is 23.2 Å². The summed E-state index contributed by atoms with van der Waals surface area (Å²) < 4.78 is 4.62. The predicted octanol–water partition coefficient (Wildman–Crippen LogP) is 3.35. The van der Waals surface area contributed by atoms with Gasteiger partial charge in [-0.05, 0) is 43.7 Å². The molecule has 0 radical (unpaired) electrons. The number of carbonyl (C=O) groups excluding carboxylic acids is 4. The second-order valence-corrected chi connectivity index (χ2v) is 9.66. The lowest BCUT2D eigenvalue weighted by Crippen LogP contribution is -2.46. The Hall–Kier alpha value is -2.23. The van der Waals surface area contributed by atoms with Crippen LogP contribution in [0.3, 0.4) is 0 Å². The molecule has 3 amide bonds. The summed E-state index contributed by atoms with van der Waals surface area (Å²) in [5.74, 6) is -1.48. The van der Waals surface area contributed by atoms with Crippen molar-refractivity contribution < 1.29 is 23.9 Å². The van der Waals surface area contributed by atoms with Gasteiger partial charge in [0.05, 0.1) is 22.7 Å².